The fourth-order valence-corrected chi connectivity index (χ4v) is 2.92. The summed E-state index contributed by atoms with van der Waals surface area (Å²) in [6, 6.07) is 3.36. The van der Waals surface area contributed by atoms with E-state index in [2.05, 4.69) is 21.2 Å². The van der Waals surface area contributed by atoms with E-state index in [0.717, 1.165) is 15.4 Å². The van der Waals surface area contributed by atoms with Gasteiger partial charge in [-0.1, -0.05) is 0 Å². The second-order valence-electron chi connectivity index (χ2n) is 3.65. The molecule has 0 saturated heterocycles. The Morgan fingerprint density at radius 2 is 1.78 bits per heavy atom. The highest BCUT2D eigenvalue weighted by Gasteiger charge is 2.09. The Labute approximate surface area is 115 Å². The highest BCUT2D eigenvalue weighted by molar-refractivity contribution is 9.10. The lowest BCUT2D eigenvalue weighted by molar-refractivity contribution is 0.487. The maximum Gasteiger partial charge on any atom is 0.161 e. The van der Waals surface area contributed by atoms with Crippen molar-refractivity contribution in [3.8, 4) is 0 Å². The molecule has 0 unspecified atom stereocenters. The summed E-state index contributed by atoms with van der Waals surface area (Å²) >= 11 is 4.93. The van der Waals surface area contributed by atoms with E-state index in [1.54, 1.807) is 11.3 Å². The quantitative estimate of drug-likeness (QED) is 0.825. The van der Waals surface area contributed by atoms with Crippen LogP contribution in [0.4, 0.5) is 13.2 Å². The van der Waals surface area contributed by atoms with Gasteiger partial charge in [0.25, 0.3) is 0 Å². The van der Waals surface area contributed by atoms with Gasteiger partial charge < -0.3 is 5.32 Å². The molecule has 0 radical (unpaired) electrons. The van der Waals surface area contributed by atoms with Crippen molar-refractivity contribution in [3.63, 3.8) is 0 Å². The molecule has 0 aliphatic rings. The van der Waals surface area contributed by atoms with Crippen LogP contribution in [0.15, 0.2) is 28.1 Å². The Kier molecular flexibility index (Phi) is 4.42. The fourth-order valence-electron chi connectivity index (χ4n) is 1.46. The summed E-state index contributed by atoms with van der Waals surface area (Å²) in [7, 11) is 0. The lowest BCUT2D eigenvalue weighted by atomic mass is 10.2. The third-order valence-corrected chi connectivity index (χ3v) is 4.31. The number of rotatable bonds is 4. The summed E-state index contributed by atoms with van der Waals surface area (Å²) in [5.74, 6) is -2.95. The molecule has 0 atom stereocenters. The predicted octanol–water partition coefficient (Wildman–Crippen LogP) is 4.22. The standard InChI is InChI=1S/C12H9BrF3NS/c13-8-1-2-18-12(8)6-17-5-7-3-10(15)11(16)4-9(7)14/h1-4,17H,5-6H2. The van der Waals surface area contributed by atoms with Crippen LogP contribution in [0.5, 0.6) is 0 Å². The highest BCUT2D eigenvalue weighted by Crippen LogP contribution is 2.22. The van der Waals surface area contributed by atoms with Gasteiger partial charge in [0.15, 0.2) is 11.6 Å². The number of hydrogen-bond acceptors (Lipinski definition) is 2. The highest BCUT2D eigenvalue weighted by atomic mass is 79.9. The van der Waals surface area contributed by atoms with Crippen LogP contribution in [-0.2, 0) is 13.1 Å². The van der Waals surface area contributed by atoms with Gasteiger partial charge in [0.1, 0.15) is 5.82 Å². The molecular formula is C12H9BrF3NS. The molecule has 1 N–H and O–H groups in total. The topological polar surface area (TPSA) is 12.0 Å². The van der Waals surface area contributed by atoms with Crippen LogP contribution in [0.3, 0.4) is 0 Å². The molecule has 0 fully saturated rings. The molecule has 2 rings (SSSR count). The first-order valence-electron chi connectivity index (χ1n) is 5.14. The van der Waals surface area contributed by atoms with E-state index in [4.69, 9.17) is 0 Å². The van der Waals surface area contributed by atoms with E-state index in [9.17, 15) is 13.2 Å². The number of thiophene rings is 1. The van der Waals surface area contributed by atoms with Crippen LogP contribution >= 0.6 is 27.3 Å². The largest absolute Gasteiger partial charge is 0.308 e. The third kappa shape index (κ3) is 3.13. The molecule has 96 valence electrons. The summed E-state index contributed by atoms with van der Waals surface area (Å²) in [5.41, 5.74) is 0.113. The van der Waals surface area contributed by atoms with Crippen LogP contribution in [0.25, 0.3) is 0 Å². The summed E-state index contributed by atoms with van der Waals surface area (Å²) < 4.78 is 40.0. The first kappa shape index (κ1) is 13.6. The van der Waals surface area contributed by atoms with E-state index in [1.807, 2.05) is 11.4 Å². The van der Waals surface area contributed by atoms with E-state index in [-0.39, 0.29) is 12.1 Å². The average Bonchev–Trinajstić information content (AvgIpc) is 2.72. The summed E-state index contributed by atoms with van der Waals surface area (Å²) in [4.78, 5) is 1.07. The summed E-state index contributed by atoms with van der Waals surface area (Å²) in [6.07, 6.45) is 0. The Morgan fingerprint density at radius 1 is 1.06 bits per heavy atom. The number of hydrogen-bond donors (Lipinski definition) is 1. The van der Waals surface area contributed by atoms with Gasteiger partial charge in [0.05, 0.1) is 0 Å². The van der Waals surface area contributed by atoms with Crippen molar-refractivity contribution < 1.29 is 13.2 Å². The molecule has 0 bridgehead atoms. The molecule has 18 heavy (non-hydrogen) atoms. The normalized spacial score (nSPS) is 10.9. The molecule has 0 saturated carbocycles. The van der Waals surface area contributed by atoms with Crippen molar-refractivity contribution >= 4 is 27.3 Å². The van der Waals surface area contributed by atoms with Gasteiger partial charge >= 0.3 is 0 Å². The monoisotopic (exact) mass is 335 g/mol. The Bertz CT molecular complexity index is 556. The van der Waals surface area contributed by atoms with E-state index in [1.165, 1.54) is 0 Å². The van der Waals surface area contributed by atoms with E-state index in [0.29, 0.717) is 12.6 Å². The molecule has 0 amide bonds. The minimum absolute atomic E-state index is 0.113. The van der Waals surface area contributed by atoms with Crippen LogP contribution < -0.4 is 5.32 Å². The van der Waals surface area contributed by atoms with Crippen LogP contribution in [0.1, 0.15) is 10.4 Å². The first-order valence-corrected chi connectivity index (χ1v) is 6.81. The first-order chi connectivity index (χ1) is 8.58. The van der Waals surface area contributed by atoms with Gasteiger partial charge in [0, 0.05) is 34.1 Å². The zero-order valence-electron chi connectivity index (χ0n) is 9.14. The third-order valence-electron chi connectivity index (χ3n) is 2.38. The van der Waals surface area contributed by atoms with E-state index >= 15 is 0 Å². The predicted molar refractivity (Wildman–Crippen MR) is 68.9 cm³/mol. The molecule has 6 heteroatoms. The zero-order chi connectivity index (χ0) is 13.1. The van der Waals surface area contributed by atoms with Gasteiger partial charge in [-0.3, -0.25) is 0 Å². The second-order valence-corrected chi connectivity index (χ2v) is 5.51. The van der Waals surface area contributed by atoms with Crippen molar-refractivity contribution in [2.24, 2.45) is 0 Å². The fraction of sp³-hybridized carbons (Fsp3) is 0.167. The zero-order valence-corrected chi connectivity index (χ0v) is 11.5. The van der Waals surface area contributed by atoms with Crippen molar-refractivity contribution in [2.45, 2.75) is 13.1 Å². The van der Waals surface area contributed by atoms with Crippen LogP contribution in [0.2, 0.25) is 0 Å². The minimum Gasteiger partial charge on any atom is -0.308 e. The number of halogens is 4. The molecule has 0 aliphatic carbocycles. The Morgan fingerprint density at radius 3 is 2.44 bits per heavy atom. The van der Waals surface area contributed by atoms with Crippen molar-refractivity contribution in [3.05, 3.63) is 55.9 Å². The van der Waals surface area contributed by atoms with E-state index < -0.39 is 17.5 Å². The molecule has 1 heterocycles. The second kappa shape index (κ2) is 5.86. The average molecular weight is 336 g/mol. The summed E-state index contributed by atoms with van der Waals surface area (Å²) in [6.45, 7) is 0.685. The molecule has 0 spiro atoms. The maximum atomic E-state index is 13.3. The molecule has 1 aromatic carbocycles. The van der Waals surface area contributed by atoms with Gasteiger partial charge in [-0.25, -0.2) is 13.2 Å². The van der Waals surface area contributed by atoms with Gasteiger partial charge in [-0.05, 0) is 33.4 Å². The lowest BCUT2D eigenvalue weighted by Gasteiger charge is -2.06. The molecule has 0 aliphatic heterocycles. The minimum atomic E-state index is -1.17. The molecule has 1 nitrogen and oxygen atoms in total. The summed E-state index contributed by atoms with van der Waals surface area (Å²) in [5, 5.41) is 4.91. The maximum absolute atomic E-state index is 13.3. The van der Waals surface area contributed by atoms with Gasteiger partial charge in [-0.15, -0.1) is 11.3 Å². The van der Waals surface area contributed by atoms with Gasteiger partial charge in [0.2, 0.25) is 0 Å². The molecular weight excluding hydrogens is 327 g/mol. The van der Waals surface area contributed by atoms with Crippen molar-refractivity contribution in [1.82, 2.24) is 5.32 Å². The molecule has 2 aromatic rings. The Hall–Kier alpha value is -0.850. The SMILES string of the molecule is Fc1cc(F)c(CNCc2sccc2Br)cc1F. The lowest BCUT2D eigenvalue weighted by Crippen LogP contribution is -2.13. The van der Waals surface area contributed by atoms with Crippen LogP contribution in [0, 0.1) is 17.5 Å². The van der Waals surface area contributed by atoms with Crippen molar-refractivity contribution in [2.75, 3.05) is 0 Å². The molecule has 1 aromatic heterocycles. The Balaban J connectivity index is 1.99. The number of nitrogens with one attached hydrogen (secondary N) is 1. The van der Waals surface area contributed by atoms with Gasteiger partial charge in [-0.2, -0.15) is 0 Å². The smallest absolute Gasteiger partial charge is 0.161 e. The van der Waals surface area contributed by atoms with Crippen LogP contribution in [-0.4, -0.2) is 0 Å². The number of benzene rings is 1. The van der Waals surface area contributed by atoms with Crippen molar-refractivity contribution in [1.29, 1.82) is 0 Å².